The maximum absolute atomic E-state index is 13.2. The summed E-state index contributed by atoms with van der Waals surface area (Å²) in [5, 5.41) is 2.00. The molecule has 5 rings (SSSR count). The molecule has 0 aliphatic heterocycles. The second-order valence-corrected chi connectivity index (χ2v) is 13.1. The fourth-order valence-corrected chi connectivity index (χ4v) is 6.14. The molecule has 5 N–H and O–H groups in total. The Balaban J connectivity index is 0.000000263. The lowest BCUT2D eigenvalue weighted by Crippen LogP contribution is -2.31. The number of nitrogens with two attached hydrogens (primary N) is 1. The van der Waals surface area contributed by atoms with Crippen LogP contribution in [0.1, 0.15) is 16.1 Å². The largest absolute Gasteiger partial charge is 0.457 e. The highest BCUT2D eigenvalue weighted by atomic mass is 35.5. The van der Waals surface area contributed by atoms with Crippen LogP contribution in [0.15, 0.2) is 107 Å². The van der Waals surface area contributed by atoms with Crippen LogP contribution in [0.2, 0.25) is 5.02 Å². The first-order valence-electron chi connectivity index (χ1n) is 13.7. The summed E-state index contributed by atoms with van der Waals surface area (Å²) < 4.78 is 108. The fourth-order valence-electron chi connectivity index (χ4n) is 4.50. The van der Waals surface area contributed by atoms with E-state index in [4.69, 9.17) is 31.2 Å². The number of fused-ring (bicyclic) bond motifs is 1. The van der Waals surface area contributed by atoms with E-state index in [0.29, 0.717) is 11.5 Å². The zero-order valence-corrected chi connectivity index (χ0v) is 27.7. The van der Waals surface area contributed by atoms with Gasteiger partial charge in [-0.1, -0.05) is 35.9 Å². The topological polar surface area (TPSA) is 206 Å². The summed E-state index contributed by atoms with van der Waals surface area (Å²) in [5.74, 6) is 0.300. The first-order valence-corrected chi connectivity index (χ1v) is 17.0. The molecule has 0 fully saturated rings. The number of urea groups is 1. The van der Waals surface area contributed by atoms with Gasteiger partial charge in [0.25, 0.3) is 26.1 Å². The van der Waals surface area contributed by atoms with E-state index < -0.39 is 52.8 Å². The van der Waals surface area contributed by atoms with E-state index in [0.717, 1.165) is 29.2 Å². The van der Waals surface area contributed by atoms with E-state index in [1.807, 2.05) is 0 Å². The number of nitrogens with zero attached hydrogens (tertiary/aromatic N) is 2. The number of amides is 3. The third-order valence-electron chi connectivity index (χ3n) is 6.65. The molecule has 0 bridgehead atoms. The molecule has 0 unspecified atom stereocenters. The van der Waals surface area contributed by atoms with Crippen molar-refractivity contribution < 1.29 is 53.4 Å². The minimum atomic E-state index is -4.70. The zero-order chi connectivity index (χ0) is 37.0. The van der Waals surface area contributed by atoms with Crippen LogP contribution in [0.5, 0.6) is 11.5 Å². The van der Waals surface area contributed by atoms with Crippen molar-refractivity contribution in [2.75, 3.05) is 11.9 Å². The lowest BCUT2D eigenvalue weighted by atomic mass is 10.1. The van der Waals surface area contributed by atoms with Crippen LogP contribution < -0.4 is 20.7 Å². The van der Waals surface area contributed by atoms with Crippen molar-refractivity contribution in [2.24, 2.45) is 5.73 Å². The number of rotatable bonds is 7. The number of primary amides is 1. The summed E-state index contributed by atoms with van der Waals surface area (Å²) in [6.45, 7) is 0. The third-order valence-corrected chi connectivity index (χ3v) is 8.81. The Labute approximate surface area is 287 Å². The fraction of sp³-hybridized carbons (Fsp3) is 0.0645. The molecular weight excluding hydrogens is 729 g/mol. The number of pyridine rings is 1. The van der Waals surface area contributed by atoms with Crippen molar-refractivity contribution in [2.45, 2.75) is 16.0 Å². The van der Waals surface area contributed by atoms with Crippen LogP contribution in [0.25, 0.3) is 10.8 Å². The molecule has 0 aliphatic carbocycles. The molecule has 0 saturated carbocycles. The van der Waals surface area contributed by atoms with Gasteiger partial charge in [-0.3, -0.25) is 23.8 Å². The summed E-state index contributed by atoms with van der Waals surface area (Å²) in [5.41, 5.74) is 4.59. The predicted octanol–water partition coefficient (Wildman–Crippen LogP) is 6.46. The summed E-state index contributed by atoms with van der Waals surface area (Å²) >= 11 is 5.65. The van der Waals surface area contributed by atoms with E-state index in [2.05, 4.69) is 10.3 Å². The number of nitrogens with one attached hydrogen (secondary N) is 1. The lowest BCUT2D eigenvalue weighted by Gasteiger charge is -2.22. The summed E-state index contributed by atoms with van der Waals surface area (Å²) in [6, 6.07) is 18.4. The molecule has 0 spiro atoms. The van der Waals surface area contributed by atoms with Crippen molar-refractivity contribution in [3.63, 3.8) is 0 Å². The van der Waals surface area contributed by atoms with E-state index in [1.54, 1.807) is 6.07 Å². The van der Waals surface area contributed by atoms with Gasteiger partial charge in [-0.15, -0.1) is 0 Å². The second-order valence-electron chi connectivity index (χ2n) is 9.94. The predicted molar refractivity (Wildman–Crippen MR) is 176 cm³/mol. The molecule has 19 heteroatoms. The van der Waals surface area contributed by atoms with E-state index in [-0.39, 0.29) is 33.7 Å². The Morgan fingerprint density at radius 2 is 1.36 bits per heavy atom. The molecule has 3 amide bonds. The molecule has 5 aromatic rings. The Morgan fingerprint density at radius 1 is 0.820 bits per heavy atom. The van der Waals surface area contributed by atoms with Crippen LogP contribution in [-0.2, 0) is 26.4 Å². The van der Waals surface area contributed by atoms with Crippen LogP contribution in [0, 0.1) is 0 Å². The van der Waals surface area contributed by atoms with Gasteiger partial charge >= 0.3 is 12.2 Å². The number of benzene rings is 4. The summed E-state index contributed by atoms with van der Waals surface area (Å²) in [7, 11) is -7.46. The van der Waals surface area contributed by atoms with Gasteiger partial charge in [-0.25, -0.2) is 4.79 Å². The average molecular weight is 753 g/mol. The van der Waals surface area contributed by atoms with Gasteiger partial charge in [0.15, 0.2) is 0 Å². The molecule has 262 valence electrons. The van der Waals surface area contributed by atoms with E-state index in [1.165, 1.54) is 73.9 Å². The number of alkyl halides is 3. The van der Waals surface area contributed by atoms with Crippen molar-refractivity contribution in [3.8, 4) is 11.5 Å². The maximum Gasteiger partial charge on any atom is 0.417 e. The van der Waals surface area contributed by atoms with Crippen LogP contribution in [0.3, 0.4) is 0 Å². The quantitative estimate of drug-likeness (QED) is 0.134. The highest BCUT2D eigenvalue weighted by molar-refractivity contribution is 7.86. The standard InChI is InChI=1S/C21H16ClF3N4O3.C10H8O6S2/c1-27-19(30)18-11-15(8-9-28-18)32-14-5-2-12(3-6-14)29(20(26)31)13-4-7-17(22)16(10-13)21(23,24)25;11-17(12,13)9-5-1-3-7-8(9)4-2-6-10(7)18(14,15)16/h2-11H,1H3,(H2,26,31)(H,27,30);1-6H,(H,11,12,13)(H,14,15,16). The lowest BCUT2D eigenvalue weighted by molar-refractivity contribution is -0.137. The van der Waals surface area contributed by atoms with Gasteiger partial charge in [0, 0.05) is 30.1 Å². The third kappa shape index (κ3) is 8.84. The average Bonchev–Trinajstić information content (AvgIpc) is 3.04. The molecule has 13 nitrogen and oxygen atoms in total. The molecule has 1 aromatic heterocycles. The highest BCUT2D eigenvalue weighted by Gasteiger charge is 2.34. The minimum absolute atomic E-state index is 0.0233. The van der Waals surface area contributed by atoms with Crippen molar-refractivity contribution in [1.82, 2.24) is 10.3 Å². The van der Waals surface area contributed by atoms with Crippen LogP contribution in [0.4, 0.5) is 29.3 Å². The molecule has 1 heterocycles. The summed E-state index contributed by atoms with van der Waals surface area (Å²) in [6.07, 6.45) is -3.30. The summed E-state index contributed by atoms with van der Waals surface area (Å²) in [4.78, 5) is 27.7. The van der Waals surface area contributed by atoms with E-state index in [9.17, 15) is 39.6 Å². The molecule has 0 radical (unpaired) electrons. The van der Waals surface area contributed by atoms with Crippen LogP contribution >= 0.6 is 11.6 Å². The molecule has 0 atom stereocenters. The molecule has 0 aliphatic rings. The zero-order valence-electron chi connectivity index (χ0n) is 25.3. The van der Waals surface area contributed by atoms with E-state index >= 15 is 0 Å². The molecule has 4 aromatic carbocycles. The van der Waals surface area contributed by atoms with Gasteiger partial charge < -0.3 is 15.8 Å². The number of hydrogen-bond acceptors (Lipinski definition) is 8. The van der Waals surface area contributed by atoms with Crippen molar-refractivity contribution >= 4 is 65.9 Å². The minimum Gasteiger partial charge on any atom is -0.457 e. The number of anilines is 2. The first-order chi connectivity index (χ1) is 23.3. The normalized spacial score (nSPS) is 11.7. The van der Waals surface area contributed by atoms with Crippen LogP contribution in [-0.4, -0.2) is 49.9 Å². The van der Waals surface area contributed by atoms with Gasteiger partial charge in [0.05, 0.1) is 22.0 Å². The molecular formula is C31H24ClF3N4O9S2. The molecule has 0 saturated heterocycles. The smallest absolute Gasteiger partial charge is 0.417 e. The number of hydrogen-bond donors (Lipinski definition) is 4. The number of carbonyl (C=O) groups is 2. The highest BCUT2D eigenvalue weighted by Crippen LogP contribution is 2.39. The van der Waals surface area contributed by atoms with Crippen molar-refractivity contribution in [1.29, 1.82) is 0 Å². The number of carbonyl (C=O) groups excluding carboxylic acids is 2. The van der Waals surface area contributed by atoms with Crippen molar-refractivity contribution in [3.05, 3.63) is 113 Å². The maximum atomic E-state index is 13.2. The Hall–Kier alpha value is -5.27. The number of aromatic nitrogens is 1. The second kappa shape index (κ2) is 14.7. The van der Waals surface area contributed by atoms with Gasteiger partial charge in [0.1, 0.15) is 27.0 Å². The number of halogens is 4. The van der Waals surface area contributed by atoms with Gasteiger partial charge in [-0.05, 0) is 60.7 Å². The number of ether oxygens (including phenoxy) is 1. The first kappa shape index (κ1) is 37.5. The van der Waals surface area contributed by atoms with Gasteiger partial charge in [0.2, 0.25) is 0 Å². The molecule has 50 heavy (non-hydrogen) atoms. The Kier molecular flexibility index (Phi) is 11.0. The Morgan fingerprint density at radius 3 is 1.84 bits per heavy atom. The van der Waals surface area contributed by atoms with Gasteiger partial charge in [-0.2, -0.15) is 30.0 Å². The monoisotopic (exact) mass is 752 g/mol. The SMILES string of the molecule is CNC(=O)c1cc(Oc2ccc(N(C(N)=O)c3ccc(Cl)c(C(F)(F)F)c3)cc2)ccn1.O=S(=O)(O)c1cccc2c(S(=O)(=O)O)cccc12. The Bertz CT molecular complexity index is 2240.